The van der Waals surface area contributed by atoms with Crippen LogP contribution < -0.4 is 5.32 Å². The molecule has 3 rings (SSSR count). The van der Waals surface area contributed by atoms with E-state index in [0.717, 1.165) is 0 Å². The van der Waals surface area contributed by atoms with E-state index < -0.39 is 15.7 Å². The van der Waals surface area contributed by atoms with Crippen molar-refractivity contribution >= 4 is 54.7 Å². The van der Waals surface area contributed by atoms with Crippen molar-refractivity contribution in [2.45, 2.75) is 11.8 Å². The largest absolute Gasteiger partial charge is 0.321 e. The molecule has 0 spiro atoms. The number of hydrogen-bond acceptors (Lipinski definition) is 4. The summed E-state index contributed by atoms with van der Waals surface area (Å²) in [5, 5.41) is 3.04. The van der Waals surface area contributed by atoms with Gasteiger partial charge in [0, 0.05) is 21.2 Å². The van der Waals surface area contributed by atoms with Crippen molar-refractivity contribution in [1.29, 1.82) is 0 Å². The highest BCUT2D eigenvalue weighted by Crippen LogP contribution is 2.27. The summed E-state index contributed by atoms with van der Waals surface area (Å²) in [5.41, 5.74) is 1.18. The molecule has 0 fully saturated rings. The molecule has 0 saturated heterocycles. The molecule has 1 N–H and O–H groups in total. The van der Waals surface area contributed by atoms with E-state index in [2.05, 4.69) is 21.2 Å². The standard InChI is InChI=1S/C22H17BrClNO4S/c1-2-30(28,29)16-10-7-14(8-11-16)22(27)25-20-12-9-15(23)13-18(20)21(26)17-5-3-4-6-19(17)24/h3-13H,2H2,1H3,(H,25,27). The van der Waals surface area contributed by atoms with Crippen LogP contribution in [0.2, 0.25) is 5.02 Å². The van der Waals surface area contributed by atoms with E-state index in [0.29, 0.717) is 20.7 Å². The van der Waals surface area contributed by atoms with Crippen LogP contribution in [-0.2, 0) is 9.84 Å². The third kappa shape index (κ3) is 4.80. The van der Waals surface area contributed by atoms with Gasteiger partial charge in [-0.15, -0.1) is 0 Å². The van der Waals surface area contributed by atoms with Gasteiger partial charge in [0.05, 0.1) is 21.4 Å². The minimum Gasteiger partial charge on any atom is -0.321 e. The quantitative estimate of drug-likeness (QED) is 0.455. The van der Waals surface area contributed by atoms with Crippen LogP contribution in [0.15, 0.2) is 76.1 Å². The lowest BCUT2D eigenvalue weighted by Gasteiger charge is -2.12. The summed E-state index contributed by atoms with van der Waals surface area (Å²) in [6, 6.07) is 17.3. The fourth-order valence-corrected chi connectivity index (χ4v) is 4.25. The van der Waals surface area contributed by atoms with Gasteiger partial charge in [-0.25, -0.2) is 8.42 Å². The summed E-state index contributed by atoms with van der Waals surface area (Å²) in [4.78, 5) is 25.9. The third-order valence-corrected chi connectivity index (χ3v) is 7.02. The molecule has 3 aromatic rings. The van der Waals surface area contributed by atoms with E-state index in [-0.39, 0.29) is 27.6 Å². The Bertz CT molecular complexity index is 1220. The average molecular weight is 507 g/mol. The van der Waals surface area contributed by atoms with Gasteiger partial charge in [-0.2, -0.15) is 0 Å². The number of carbonyl (C=O) groups excluding carboxylic acids is 2. The number of halogens is 2. The first kappa shape index (κ1) is 22.2. The number of nitrogens with one attached hydrogen (secondary N) is 1. The number of hydrogen-bond donors (Lipinski definition) is 1. The van der Waals surface area contributed by atoms with Gasteiger partial charge in [0.25, 0.3) is 5.91 Å². The highest BCUT2D eigenvalue weighted by atomic mass is 79.9. The molecule has 3 aromatic carbocycles. The van der Waals surface area contributed by atoms with E-state index in [1.54, 1.807) is 49.4 Å². The number of carbonyl (C=O) groups is 2. The number of rotatable bonds is 6. The molecular formula is C22H17BrClNO4S. The second-order valence-electron chi connectivity index (χ2n) is 6.38. The molecule has 0 atom stereocenters. The summed E-state index contributed by atoms with van der Waals surface area (Å²) in [6.07, 6.45) is 0. The van der Waals surface area contributed by atoms with E-state index in [1.807, 2.05) is 0 Å². The number of ketones is 1. The second kappa shape index (κ2) is 9.12. The molecule has 0 bridgehead atoms. The van der Waals surface area contributed by atoms with Gasteiger partial charge in [-0.05, 0) is 54.6 Å². The molecule has 8 heteroatoms. The molecule has 5 nitrogen and oxygen atoms in total. The lowest BCUT2D eigenvalue weighted by atomic mass is 10.0. The Balaban J connectivity index is 1.91. The van der Waals surface area contributed by atoms with Crippen LogP contribution in [0.4, 0.5) is 5.69 Å². The second-order valence-corrected chi connectivity index (χ2v) is 9.98. The first-order valence-corrected chi connectivity index (χ1v) is 11.8. The van der Waals surface area contributed by atoms with Gasteiger partial charge >= 0.3 is 0 Å². The molecule has 0 aliphatic rings. The molecule has 30 heavy (non-hydrogen) atoms. The molecule has 154 valence electrons. The van der Waals surface area contributed by atoms with Gasteiger partial charge in [0.15, 0.2) is 15.6 Å². The first-order valence-electron chi connectivity index (χ1n) is 8.96. The van der Waals surface area contributed by atoms with Crippen LogP contribution in [-0.4, -0.2) is 25.9 Å². The van der Waals surface area contributed by atoms with Crippen molar-refractivity contribution in [3.05, 3.63) is 92.9 Å². The molecule has 0 unspecified atom stereocenters. The van der Waals surface area contributed by atoms with Crippen LogP contribution in [0.3, 0.4) is 0 Å². The summed E-state index contributed by atoms with van der Waals surface area (Å²) < 4.78 is 24.5. The Hall–Kier alpha value is -2.48. The maximum Gasteiger partial charge on any atom is 0.255 e. The monoisotopic (exact) mass is 505 g/mol. The summed E-state index contributed by atoms with van der Waals surface area (Å²) in [6.45, 7) is 1.56. The Morgan fingerprint density at radius 1 is 0.967 bits per heavy atom. The highest BCUT2D eigenvalue weighted by molar-refractivity contribution is 9.10. The fourth-order valence-electron chi connectivity index (χ4n) is 2.78. The topological polar surface area (TPSA) is 80.3 Å². The number of anilines is 1. The van der Waals surface area contributed by atoms with Crippen LogP contribution in [0.1, 0.15) is 33.2 Å². The molecule has 0 aliphatic heterocycles. The molecular weight excluding hydrogens is 490 g/mol. The summed E-state index contributed by atoms with van der Waals surface area (Å²) >= 11 is 9.50. The van der Waals surface area contributed by atoms with Crippen molar-refractivity contribution in [2.75, 3.05) is 11.1 Å². The van der Waals surface area contributed by atoms with E-state index in [9.17, 15) is 18.0 Å². The van der Waals surface area contributed by atoms with E-state index in [4.69, 9.17) is 11.6 Å². The Morgan fingerprint density at radius 3 is 2.27 bits per heavy atom. The van der Waals surface area contributed by atoms with Crippen molar-refractivity contribution < 1.29 is 18.0 Å². The maximum atomic E-state index is 13.0. The van der Waals surface area contributed by atoms with Crippen molar-refractivity contribution in [3.63, 3.8) is 0 Å². The molecule has 1 amide bonds. The van der Waals surface area contributed by atoms with Crippen LogP contribution >= 0.6 is 27.5 Å². The first-order chi connectivity index (χ1) is 14.2. The number of amides is 1. The summed E-state index contributed by atoms with van der Waals surface area (Å²) in [5.74, 6) is -0.821. The predicted octanol–water partition coefficient (Wildman–Crippen LogP) is 5.38. The normalized spacial score (nSPS) is 11.2. The third-order valence-electron chi connectivity index (χ3n) is 4.45. The smallest absolute Gasteiger partial charge is 0.255 e. The van der Waals surface area contributed by atoms with E-state index in [1.165, 1.54) is 24.3 Å². The summed E-state index contributed by atoms with van der Waals surface area (Å²) in [7, 11) is -3.35. The van der Waals surface area contributed by atoms with Crippen molar-refractivity contribution in [2.24, 2.45) is 0 Å². The van der Waals surface area contributed by atoms with Crippen molar-refractivity contribution in [3.8, 4) is 0 Å². The predicted molar refractivity (Wildman–Crippen MR) is 121 cm³/mol. The molecule has 0 radical (unpaired) electrons. The minimum atomic E-state index is -3.35. The highest BCUT2D eigenvalue weighted by Gasteiger charge is 2.19. The lowest BCUT2D eigenvalue weighted by molar-refractivity contribution is 0.102. The van der Waals surface area contributed by atoms with Crippen LogP contribution in [0.5, 0.6) is 0 Å². The fraction of sp³-hybridized carbons (Fsp3) is 0.0909. The average Bonchev–Trinajstić information content (AvgIpc) is 2.75. The zero-order valence-electron chi connectivity index (χ0n) is 15.9. The van der Waals surface area contributed by atoms with Crippen molar-refractivity contribution in [1.82, 2.24) is 0 Å². The van der Waals surface area contributed by atoms with Gasteiger partial charge in [0.2, 0.25) is 0 Å². The maximum absolute atomic E-state index is 13.0. The van der Waals surface area contributed by atoms with Crippen LogP contribution in [0, 0.1) is 0 Å². The number of benzene rings is 3. The molecule has 0 aliphatic carbocycles. The Morgan fingerprint density at radius 2 is 1.63 bits per heavy atom. The Kier molecular flexibility index (Phi) is 6.75. The van der Waals surface area contributed by atoms with Gasteiger partial charge in [0.1, 0.15) is 0 Å². The van der Waals surface area contributed by atoms with Gasteiger partial charge in [-0.1, -0.05) is 46.6 Å². The molecule has 0 saturated carbocycles. The van der Waals surface area contributed by atoms with E-state index >= 15 is 0 Å². The molecule has 0 heterocycles. The molecule has 0 aromatic heterocycles. The number of sulfone groups is 1. The minimum absolute atomic E-state index is 0.0229. The zero-order valence-corrected chi connectivity index (χ0v) is 19.0. The Labute approximate surface area is 188 Å². The lowest BCUT2D eigenvalue weighted by Crippen LogP contribution is -2.15. The zero-order chi connectivity index (χ0) is 21.9. The van der Waals surface area contributed by atoms with Gasteiger partial charge in [-0.3, -0.25) is 9.59 Å². The SMILES string of the molecule is CCS(=O)(=O)c1ccc(C(=O)Nc2ccc(Br)cc2C(=O)c2ccccc2Cl)cc1. The van der Waals surface area contributed by atoms with Gasteiger partial charge < -0.3 is 5.32 Å². The van der Waals surface area contributed by atoms with Crippen LogP contribution in [0.25, 0.3) is 0 Å².